The van der Waals surface area contributed by atoms with E-state index >= 15 is 0 Å². The van der Waals surface area contributed by atoms with Crippen LogP contribution in [0.5, 0.6) is 0 Å². The first kappa shape index (κ1) is 21.3. The Balaban J connectivity index is 1.39. The maximum atomic E-state index is 12.5. The van der Waals surface area contributed by atoms with Gasteiger partial charge in [0.25, 0.3) is 0 Å². The number of rotatable bonds is 6. The number of aryl methyl sites for hydroxylation is 1. The average molecular weight is 440 g/mol. The Hall–Kier alpha value is -3.54. The normalized spacial score (nSPS) is 14.9. The Bertz CT molecular complexity index is 1330. The first-order chi connectivity index (χ1) is 16.1. The number of fused-ring (bicyclic) bond motifs is 2. The summed E-state index contributed by atoms with van der Waals surface area (Å²) in [5, 5.41) is 1.10. The summed E-state index contributed by atoms with van der Waals surface area (Å²) >= 11 is 0. The maximum Gasteiger partial charge on any atom is 0.338 e. The minimum Gasteiger partial charge on any atom is -0.462 e. The van der Waals surface area contributed by atoms with Crippen molar-refractivity contribution in [3.8, 4) is 11.1 Å². The van der Waals surface area contributed by atoms with Crippen molar-refractivity contribution >= 4 is 16.9 Å². The summed E-state index contributed by atoms with van der Waals surface area (Å²) in [4.78, 5) is 17.3. The number of nitrogens with zero attached hydrogens (tertiary/aromatic N) is 1. The van der Waals surface area contributed by atoms with E-state index in [-0.39, 0.29) is 5.97 Å². The summed E-state index contributed by atoms with van der Waals surface area (Å²) < 4.78 is 17.3. The van der Waals surface area contributed by atoms with Gasteiger partial charge in [0.2, 0.25) is 6.29 Å². The van der Waals surface area contributed by atoms with Gasteiger partial charge in [0.05, 0.1) is 30.9 Å². The molecular formula is C28H25NO4. The van der Waals surface area contributed by atoms with Gasteiger partial charge in [-0.25, -0.2) is 9.78 Å². The van der Waals surface area contributed by atoms with Crippen LogP contribution in [0.2, 0.25) is 0 Å². The third-order valence-electron chi connectivity index (χ3n) is 5.87. The number of benzene rings is 3. The molecule has 33 heavy (non-hydrogen) atoms. The highest BCUT2D eigenvalue weighted by Gasteiger charge is 2.26. The van der Waals surface area contributed by atoms with Crippen LogP contribution in [0.4, 0.5) is 0 Å². The largest absolute Gasteiger partial charge is 0.462 e. The van der Waals surface area contributed by atoms with E-state index in [9.17, 15) is 4.79 Å². The molecule has 5 rings (SSSR count). The summed E-state index contributed by atoms with van der Waals surface area (Å²) in [6, 6.07) is 23.8. The van der Waals surface area contributed by atoms with Gasteiger partial charge in [0.15, 0.2) is 0 Å². The van der Waals surface area contributed by atoms with Gasteiger partial charge in [-0.05, 0) is 60.4 Å². The Morgan fingerprint density at radius 2 is 1.85 bits per heavy atom. The summed E-state index contributed by atoms with van der Waals surface area (Å²) in [6.07, 6.45) is -0.499. The molecule has 0 fully saturated rings. The van der Waals surface area contributed by atoms with Gasteiger partial charge in [0.1, 0.15) is 5.69 Å². The fraction of sp³-hybridized carbons (Fsp3) is 0.214. The predicted molar refractivity (Wildman–Crippen MR) is 127 cm³/mol. The van der Waals surface area contributed by atoms with Crippen LogP contribution in [0.25, 0.3) is 22.0 Å². The molecule has 1 aliphatic heterocycles. The quantitative estimate of drug-likeness (QED) is 0.338. The summed E-state index contributed by atoms with van der Waals surface area (Å²) in [7, 11) is 0. The number of pyridine rings is 1. The van der Waals surface area contributed by atoms with E-state index < -0.39 is 6.29 Å². The first-order valence-electron chi connectivity index (χ1n) is 11.1. The van der Waals surface area contributed by atoms with Crippen molar-refractivity contribution in [2.75, 3.05) is 6.61 Å². The van der Waals surface area contributed by atoms with Crippen LogP contribution in [0.3, 0.4) is 0 Å². The van der Waals surface area contributed by atoms with Crippen LogP contribution >= 0.6 is 0 Å². The summed E-state index contributed by atoms with van der Waals surface area (Å²) in [6.45, 7) is 5.04. The third-order valence-corrected chi connectivity index (χ3v) is 5.87. The lowest BCUT2D eigenvalue weighted by atomic mass is 9.94. The maximum absolute atomic E-state index is 12.5. The molecule has 3 aromatic carbocycles. The molecule has 0 N–H and O–H groups in total. The van der Waals surface area contributed by atoms with Gasteiger partial charge in [-0.3, -0.25) is 0 Å². The molecule has 0 aliphatic carbocycles. The fourth-order valence-corrected chi connectivity index (χ4v) is 4.19. The van der Waals surface area contributed by atoms with Gasteiger partial charge >= 0.3 is 5.97 Å². The lowest BCUT2D eigenvalue weighted by Gasteiger charge is -2.15. The van der Waals surface area contributed by atoms with Crippen molar-refractivity contribution in [3.63, 3.8) is 0 Å². The van der Waals surface area contributed by atoms with E-state index in [2.05, 4.69) is 18.2 Å². The zero-order valence-corrected chi connectivity index (χ0v) is 18.7. The molecular weight excluding hydrogens is 414 g/mol. The van der Waals surface area contributed by atoms with Crippen LogP contribution < -0.4 is 0 Å². The highest BCUT2D eigenvalue weighted by molar-refractivity contribution is 5.97. The van der Waals surface area contributed by atoms with Crippen LogP contribution in [0, 0.1) is 6.92 Å². The zero-order valence-electron chi connectivity index (χ0n) is 18.7. The fourth-order valence-electron chi connectivity index (χ4n) is 4.19. The number of hydrogen-bond acceptors (Lipinski definition) is 5. The molecule has 5 nitrogen and oxygen atoms in total. The number of esters is 1. The van der Waals surface area contributed by atoms with Gasteiger partial charge in [0, 0.05) is 10.9 Å². The molecule has 166 valence electrons. The second-order valence-corrected chi connectivity index (χ2v) is 8.09. The summed E-state index contributed by atoms with van der Waals surface area (Å²) in [5.41, 5.74) is 7.30. The number of ether oxygens (including phenoxy) is 3. The molecule has 0 bridgehead atoms. The van der Waals surface area contributed by atoms with Crippen molar-refractivity contribution < 1.29 is 19.0 Å². The van der Waals surface area contributed by atoms with Crippen molar-refractivity contribution in [2.24, 2.45) is 0 Å². The zero-order chi connectivity index (χ0) is 22.8. The predicted octanol–water partition coefficient (Wildman–Crippen LogP) is 6.13. The molecule has 0 amide bonds. The average Bonchev–Trinajstić information content (AvgIpc) is 3.24. The number of hydrogen-bond donors (Lipinski definition) is 0. The Morgan fingerprint density at radius 3 is 2.73 bits per heavy atom. The van der Waals surface area contributed by atoms with E-state index in [1.165, 1.54) is 0 Å². The van der Waals surface area contributed by atoms with Crippen molar-refractivity contribution in [3.05, 3.63) is 101 Å². The second-order valence-electron chi connectivity index (χ2n) is 8.09. The molecule has 1 atom stereocenters. The molecule has 0 saturated carbocycles. The van der Waals surface area contributed by atoms with E-state index in [1.807, 2.05) is 62.4 Å². The monoisotopic (exact) mass is 439 g/mol. The Kier molecular flexibility index (Phi) is 5.90. The van der Waals surface area contributed by atoms with Crippen molar-refractivity contribution in [1.29, 1.82) is 0 Å². The lowest BCUT2D eigenvalue weighted by Crippen LogP contribution is -2.07. The highest BCUT2D eigenvalue weighted by atomic mass is 16.7. The van der Waals surface area contributed by atoms with Crippen LogP contribution in [0.1, 0.15) is 46.0 Å². The Labute approximate surface area is 192 Å². The molecule has 0 spiro atoms. The second kappa shape index (κ2) is 9.14. The molecule has 0 saturated heterocycles. The number of carbonyl (C=O) groups excluding carboxylic acids is 1. The SMILES string of the molecule is CCOC(=O)c1ccccc1-c1cc(COC2OCc3cc4ccccc4nc32)ccc1C. The van der Waals surface area contributed by atoms with Gasteiger partial charge in [-0.1, -0.05) is 48.5 Å². The summed E-state index contributed by atoms with van der Waals surface area (Å²) in [5.74, 6) is -0.316. The van der Waals surface area contributed by atoms with Crippen molar-refractivity contribution in [2.45, 2.75) is 33.4 Å². The molecule has 2 heterocycles. The molecule has 1 aromatic heterocycles. The lowest BCUT2D eigenvalue weighted by molar-refractivity contribution is -0.147. The molecule has 0 radical (unpaired) electrons. The number of carbonyl (C=O) groups is 1. The van der Waals surface area contributed by atoms with Gasteiger partial charge in [-0.15, -0.1) is 0 Å². The Morgan fingerprint density at radius 1 is 1.03 bits per heavy atom. The van der Waals surface area contributed by atoms with Crippen molar-refractivity contribution in [1.82, 2.24) is 4.98 Å². The van der Waals surface area contributed by atoms with Gasteiger partial charge in [-0.2, -0.15) is 0 Å². The third kappa shape index (κ3) is 4.25. The van der Waals surface area contributed by atoms with Crippen LogP contribution in [-0.2, 0) is 27.4 Å². The minimum absolute atomic E-state index is 0.316. The van der Waals surface area contributed by atoms with E-state index in [0.29, 0.717) is 25.4 Å². The molecule has 1 unspecified atom stereocenters. The van der Waals surface area contributed by atoms with Crippen LogP contribution in [0.15, 0.2) is 72.8 Å². The molecule has 4 aromatic rings. The molecule has 5 heteroatoms. The van der Waals surface area contributed by atoms with Gasteiger partial charge < -0.3 is 14.2 Å². The van der Waals surface area contributed by atoms with E-state index in [0.717, 1.165) is 44.4 Å². The number of aromatic nitrogens is 1. The van der Waals surface area contributed by atoms with Crippen LogP contribution in [-0.4, -0.2) is 17.6 Å². The highest BCUT2D eigenvalue weighted by Crippen LogP contribution is 2.34. The van der Waals surface area contributed by atoms with E-state index in [1.54, 1.807) is 6.07 Å². The minimum atomic E-state index is -0.499. The smallest absolute Gasteiger partial charge is 0.338 e. The molecule has 1 aliphatic rings. The van der Waals surface area contributed by atoms with E-state index in [4.69, 9.17) is 19.2 Å². The first-order valence-corrected chi connectivity index (χ1v) is 11.1. The topological polar surface area (TPSA) is 57.7 Å². The number of para-hydroxylation sites is 1. The standard InChI is InChI=1S/C28H25NO4/c1-3-31-27(30)23-10-6-5-9-22(23)24-14-19(13-12-18(24)2)16-32-28-26-21(17-33-28)15-20-8-4-7-11-25(20)29-26/h4-15,28H,3,16-17H2,1-2H3.